The van der Waals surface area contributed by atoms with E-state index < -0.39 is 0 Å². The lowest BCUT2D eigenvalue weighted by Crippen LogP contribution is -2.67. The molecule has 2 nitrogen and oxygen atoms in total. The van der Waals surface area contributed by atoms with Gasteiger partial charge in [-0.2, -0.15) is 0 Å². The van der Waals surface area contributed by atoms with E-state index >= 15 is 0 Å². The highest BCUT2D eigenvalue weighted by molar-refractivity contribution is 5.21. The maximum absolute atomic E-state index is 10.7. The molecule has 5 rings (SSSR count). The summed E-state index contributed by atoms with van der Waals surface area (Å²) in [5.74, 6) is 3.57. The molecule has 0 aromatic rings. The van der Waals surface area contributed by atoms with Crippen molar-refractivity contribution in [3.05, 3.63) is 12.2 Å². The molecule has 2 heteroatoms. The Kier molecular flexibility index (Phi) is 5.19. The summed E-state index contributed by atoms with van der Waals surface area (Å²) >= 11 is 0. The van der Waals surface area contributed by atoms with Crippen molar-refractivity contribution in [3.8, 4) is 0 Å². The molecule has 0 aromatic carbocycles. The molecule has 1 unspecified atom stereocenters. The van der Waals surface area contributed by atoms with Crippen molar-refractivity contribution < 1.29 is 5.11 Å². The zero-order chi connectivity index (χ0) is 23.3. The van der Waals surface area contributed by atoms with E-state index in [-0.39, 0.29) is 10.8 Å². The fraction of sp³-hybridized carbons (Fsp3) is 0.933. The minimum atomic E-state index is 0.164. The van der Waals surface area contributed by atoms with E-state index in [4.69, 9.17) is 5.73 Å². The zero-order valence-electron chi connectivity index (χ0n) is 22.0. The van der Waals surface area contributed by atoms with Gasteiger partial charge in [0, 0.05) is 12.6 Å². The summed E-state index contributed by atoms with van der Waals surface area (Å²) in [5.41, 5.74) is 9.72. The molecule has 0 amide bonds. The molecule has 0 heterocycles. The Balaban J connectivity index is 1.55. The minimum absolute atomic E-state index is 0.164. The third-order valence-electron chi connectivity index (χ3n) is 13.7. The van der Waals surface area contributed by atoms with Gasteiger partial charge in [0.25, 0.3) is 0 Å². The number of hydrogen-bond donors (Lipinski definition) is 2. The lowest BCUT2D eigenvalue weighted by Gasteiger charge is -2.73. The Morgan fingerprint density at radius 2 is 1.56 bits per heavy atom. The van der Waals surface area contributed by atoms with Gasteiger partial charge in [-0.15, -0.1) is 0 Å². The Morgan fingerprint density at radius 1 is 0.844 bits per heavy atom. The SMILES string of the molecule is C=C(C)[C@@H]1CC[C@]2(CO)CC[C@]3(C)[C@H](CC[C@@H]4[C@@]5(C)CCC(N)C(C)(C)[C@@H]5CC[C@]43C)[C@@H]12. The molecule has 5 aliphatic rings. The molecule has 0 bridgehead atoms. The van der Waals surface area contributed by atoms with Crippen LogP contribution in [0.3, 0.4) is 0 Å². The third-order valence-corrected chi connectivity index (χ3v) is 13.7. The van der Waals surface area contributed by atoms with E-state index in [2.05, 4.69) is 48.1 Å². The average molecular weight is 442 g/mol. The number of allylic oxidation sites excluding steroid dienone is 1. The van der Waals surface area contributed by atoms with Crippen molar-refractivity contribution in [2.45, 2.75) is 112 Å². The van der Waals surface area contributed by atoms with Crippen molar-refractivity contribution in [1.82, 2.24) is 0 Å². The van der Waals surface area contributed by atoms with Crippen LogP contribution >= 0.6 is 0 Å². The van der Waals surface area contributed by atoms with Gasteiger partial charge in [0.05, 0.1) is 0 Å². The van der Waals surface area contributed by atoms with Crippen LogP contribution in [0, 0.1) is 56.7 Å². The minimum Gasteiger partial charge on any atom is -0.396 e. The number of nitrogens with two attached hydrogens (primary N) is 1. The fourth-order valence-corrected chi connectivity index (χ4v) is 11.6. The van der Waals surface area contributed by atoms with Crippen LogP contribution in [-0.2, 0) is 0 Å². The normalized spacial score (nSPS) is 56.5. The second kappa shape index (κ2) is 7.09. The zero-order valence-corrected chi connectivity index (χ0v) is 22.0. The van der Waals surface area contributed by atoms with Gasteiger partial charge < -0.3 is 10.8 Å². The van der Waals surface area contributed by atoms with Crippen LogP contribution in [-0.4, -0.2) is 17.8 Å². The smallest absolute Gasteiger partial charge is 0.0490 e. The first kappa shape index (κ1) is 23.4. The quantitative estimate of drug-likeness (QED) is 0.455. The van der Waals surface area contributed by atoms with Crippen LogP contribution in [0.2, 0.25) is 0 Å². The second-order valence-corrected chi connectivity index (χ2v) is 14.7. The summed E-state index contributed by atoms with van der Waals surface area (Å²) in [6.45, 7) is 20.1. The van der Waals surface area contributed by atoms with Crippen molar-refractivity contribution in [2.75, 3.05) is 6.61 Å². The Morgan fingerprint density at radius 3 is 2.22 bits per heavy atom. The molecular weight excluding hydrogens is 390 g/mol. The van der Waals surface area contributed by atoms with Gasteiger partial charge in [-0.3, -0.25) is 0 Å². The molecule has 32 heavy (non-hydrogen) atoms. The first-order valence-electron chi connectivity index (χ1n) is 13.9. The third kappa shape index (κ3) is 2.66. The van der Waals surface area contributed by atoms with Crippen LogP contribution in [0.4, 0.5) is 0 Å². The molecule has 0 aliphatic heterocycles. The number of aliphatic hydroxyl groups excluding tert-OH is 1. The van der Waals surface area contributed by atoms with Gasteiger partial charge in [-0.05, 0) is 128 Å². The van der Waals surface area contributed by atoms with Crippen LogP contribution < -0.4 is 5.73 Å². The van der Waals surface area contributed by atoms with Crippen molar-refractivity contribution in [2.24, 2.45) is 62.4 Å². The topological polar surface area (TPSA) is 46.2 Å². The second-order valence-electron chi connectivity index (χ2n) is 14.7. The maximum atomic E-state index is 10.7. The lowest BCUT2D eigenvalue weighted by atomic mass is 9.32. The van der Waals surface area contributed by atoms with Crippen LogP contribution in [0.25, 0.3) is 0 Å². The average Bonchev–Trinajstić information content (AvgIpc) is 3.12. The molecular formula is C30H51NO. The summed E-state index contributed by atoms with van der Waals surface area (Å²) < 4.78 is 0. The van der Waals surface area contributed by atoms with Gasteiger partial charge in [0.1, 0.15) is 0 Å². The van der Waals surface area contributed by atoms with Crippen molar-refractivity contribution >= 4 is 0 Å². The molecule has 0 saturated heterocycles. The molecule has 0 aromatic heterocycles. The van der Waals surface area contributed by atoms with E-state index in [1.165, 1.54) is 69.8 Å². The summed E-state index contributed by atoms with van der Waals surface area (Å²) in [6, 6.07) is 0.353. The summed E-state index contributed by atoms with van der Waals surface area (Å²) in [5, 5.41) is 10.7. The van der Waals surface area contributed by atoms with Gasteiger partial charge in [0.2, 0.25) is 0 Å². The van der Waals surface area contributed by atoms with Crippen molar-refractivity contribution in [1.29, 1.82) is 0 Å². The molecule has 5 saturated carbocycles. The molecule has 0 spiro atoms. The Bertz CT molecular complexity index is 788. The van der Waals surface area contributed by atoms with E-state index in [9.17, 15) is 5.11 Å². The fourth-order valence-electron chi connectivity index (χ4n) is 11.6. The van der Waals surface area contributed by atoms with E-state index in [0.717, 1.165) is 17.8 Å². The van der Waals surface area contributed by atoms with Gasteiger partial charge in [0.15, 0.2) is 0 Å². The van der Waals surface area contributed by atoms with Crippen LogP contribution in [0.1, 0.15) is 106 Å². The van der Waals surface area contributed by atoms with E-state index in [1.54, 1.807) is 0 Å². The summed E-state index contributed by atoms with van der Waals surface area (Å²) in [4.78, 5) is 0. The van der Waals surface area contributed by atoms with Crippen LogP contribution in [0.15, 0.2) is 12.2 Å². The van der Waals surface area contributed by atoms with E-state index in [0.29, 0.717) is 40.7 Å². The molecule has 182 valence electrons. The Labute approximate surface area is 198 Å². The highest BCUT2D eigenvalue weighted by Gasteiger charge is 2.70. The largest absolute Gasteiger partial charge is 0.396 e. The number of aliphatic hydroxyl groups is 1. The van der Waals surface area contributed by atoms with Crippen LogP contribution in [0.5, 0.6) is 0 Å². The number of fused-ring (bicyclic) bond motifs is 7. The predicted octanol–water partition coefficient (Wildman–Crippen LogP) is 6.96. The Hall–Kier alpha value is -0.340. The molecule has 5 fully saturated rings. The molecule has 3 N–H and O–H groups in total. The van der Waals surface area contributed by atoms with Crippen molar-refractivity contribution in [3.63, 3.8) is 0 Å². The predicted molar refractivity (Wildman–Crippen MR) is 134 cm³/mol. The molecule has 10 atom stereocenters. The number of hydrogen-bond acceptors (Lipinski definition) is 2. The van der Waals surface area contributed by atoms with Gasteiger partial charge >= 0.3 is 0 Å². The lowest BCUT2D eigenvalue weighted by molar-refractivity contribution is -0.240. The highest BCUT2D eigenvalue weighted by atomic mass is 16.3. The maximum Gasteiger partial charge on any atom is 0.0490 e. The van der Waals surface area contributed by atoms with Gasteiger partial charge in [-0.25, -0.2) is 0 Å². The molecule has 0 radical (unpaired) electrons. The summed E-state index contributed by atoms with van der Waals surface area (Å²) in [7, 11) is 0. The number of rotatable bonds is 2. The first-order valence-corrected chi connectivity index (χ1v) is 13.9. The van der Waals surface area contributed by atoms with E-state index in [1.807, 2.05) is 0 Å². The van der Waals surface area contributed by atoms with Gasteiger partial charge in [-0.1, -0.05) is 46.8 Å². The summed E-state index contributed by atoms with van der Waals surface area (Å²) in [6.07, 6.45) is 13.0. The first-order chi connectivity index (χ1) is 14.9. The monoisotopic (exact) mass is 441 g/mol. The highest BCUT2D eigenvalue weighted by Crippen LogP contribution is 2.77. The standard InChI is InChI=1S/C30H51NO/c1-19(2)20-10-15-30(18-32)17-16-28(6)21(25(20)30)8-9-23-27(5)13-12-24(31)26(3,4)22(27)11-14-29(23,28)7/h20-25,32H,1,8-18,31H2,2-7H3/t20-,21+,22-,23+,24?,25+,27-,28+,29+,30+/m0/s1. The molecule has 5 aliphatic carbocycles.